The number of nitrogens with zero attached hydrogens (tertiary/aromatic N) is 4. The number of anilines is 1. The fourth-order valence-electron chi connectivity index (χ4n) is 1.79. The van der Waals surface area contributed by atoms with Crippen molar-refractivity contribution in [2.45, 2.75) is 43.2 Å². The van der Waals surface area contributed by atoms with Gasteiger partial charge in [0.1, 0.15) is 28.5 Å². The van der Waals surface area contributed by atoms with Gasteiger partial charge in [-0.3, -0.25) is 0 Å². The van der Waals surface area contributed by atoms with Crippen LogP contribution in [-0.4, -0.2) is 26.5 Å². The van der Waals surface area contributed by atoms with Crippen molar-refractivity contribution in [2.75, 3.05) is 11.9 Å². The molecule has 2 heterocycles. The van der Waals surface area contributed by atoms with Crippen molar-refractivity contribution >= 4 is 17.6 Å². The molecule has 0 aliphatic rings. The summed E-state index contributed by atoms with van der Waals surface area (Å²) >= 11 is 1.56. The molecule has 0 radical (unpaired) electrons. The molecule has 0 aliphatic carbocycles. The Hall–Kier alpha value is -1.69. The lowest BCUT2D eigenvalue weighted by Gasteiger charge is -2.12. The van der Waals surface area contributed by atoms with Crippen LogP contribution in [0.4, 0.5) is 5.82 Å². The van der Waals surface area contributed by atoms with Crippen LogP contribution in [0, 0.1) is 0 Å². The van der Waals surface area contributed by atoms with Gasteiger partial charge >= 0.3 is 0 Å². The molecule has 6 heteroatoms. The Morgan fingerprint density at radius 2 is 2.00 bits per heavy atom. The van der Waals surface area contributed by atoms with E-state index >= 15 is 0 Å². The van der Waals surface area contributed by atoms with Crippen LogP contribution in [0.2, 0.25) is 0 Å². The zero-order chi connectivity index (χ0) is 14.2. The largest absolute Gasteiger partial charge is 0.370 e. The van der Waals surface area contributed by atoms with E-state index < -0.39 is 0 Å². The predicted octanol–water partition coefficient (Wildman–Crippen LogP) is 3.19. The van der Waals surface area contributed by atoms with Crippen molar-refractivity contribution in [3.63, 3.8) is 0 Å². The van der Waals surface area contributed by atoms with Gasteiger partial charge in [0.15, 0.2) is 0 Å². The molecule has 0 aromatic carbocycles. The second-order valence-electron chi connectivity index (χ2n) is 4.33. The summed E-state index contributed by atoms with van der Waals surface area (Å²) in [7, 11) is 0. The highest BCUT2D eigenvalue weighted by atomic mass is 32.2. The van der Waals surface area contributed by atoms with Gasteiger partial charge in [-0.2, -0.15) is 0 Å². The SMILES string of the molecule is CCCNc1ncnc(Sc2ccncn2)c1CCC. The Balaban J connectivity index is 2.26. The summed E-state index contributed by atoms with van der Waals surface area (Å²) in [6, 6.07) is 1.89. The molecular formula is C14H19N5S. The van der Waals surface area contributed by atoms with E-state index in [9.17, 15) is 0 Å². The minimum Gasteiger partial charge on any atom is -0.370 e. The molecule has 0 bridgehead atoms. The van der Waals surface area contributed by atoms with E-state index in [4.69, 9.17) is 0 Å². The first kappa shape index (κ1) is 14.7. The summed E-state index contributed by atoms with van der Waals surface area (Å²) in [6.07, 6.45) is 8.00. The summed E-state index contributed by atoms with van der Waals surface area (Å²) in [4.78, 5) is 17.0. The molecule has 0 saturated heterocycles. The highest BCUT2D eigenvalue weighted by molar-refractivity contribution is 7.99. The molecule has 0 saturated carbocycles. The van der Waals surface area contributed by atoms with Gasteiger partial charge < -0.3 is 5.32 Å². The highest BCUT2D eigenvalue weighted by Gasteiger charge is 2.12. The smallest absolute Gasteiger partial charge is 0.133 e. The van der Waals surface area contributed by atoms with Gasteiger partial charge in [0, 0.05) is 18.3 Å². The molecule has 20 heavy (non-hydrogen) atoms. The van der Waals surface area contributed by atoms with E-state index in [-0.39, 0.29) is 0 Å². The van der Waals surface area contributed by atoms with Gasteiger partial charge in [0.25, 0.3) is 0 Å². The van der Waals surface area contributed by atoms with Crippen LogP contribution in [-0.2, 0) is 6.42 Å². The van der Waals surface area contributed by atoms with Gasteiger partial charge in [-0.05, 0) is 30.7 Å². The molecule has 106 valence electrons. The van der Waals surface area contributed by atoms with Crippen LogP contribution < -0.4 is 5.32 Å². The Bertz CT molecular complexity index is 532. The third-order valence-corrected chi connectivity index (χ3v) is 3.70. The van der Waals surface area contributed by atoms with Crippen LogP contribution >= 0.6 is 11.8 Å². The number of rotatable bonds is 7. The van der Waals surface area contributed by atoms with Crippen molar-refractivity contribution in [2.24, 2.45) is 0 Å². The van der Waals surface area contributed by atoms with Crippen LogP contribution in [0.1, 0.15) is 32.3 Å². The van der Waals surface area contributed by atoms with E-state index in [0.29, 0.717) is 0 Å². The zero-order valence-electron chi connectivity index (χ0n) is 11.8. The average Bonchev–Trinajstić information content (AvgIpc) is 2.49. The second kappa shape index (κ2) is 7.79. The van der Waals surface area contributed by atoms with E-state index in [1.54, 1.807) is 30.6 Å². The van der Waals surface area contributed by atoms with Crippen molar-refractivity contribution in [3.05, 3.63) is 30.5 Å². The summed E-state index contributed by atoms with van der Waals surface area (Å²) in [5.74, 6) is 0.945. The van der Waals surface area contributed by atoms with Crippen LogP contribution in [0.25, 0.3) is 0 Å². The van der Waals surface area contributed by atoms with Gasteiger partial charge in [0.05, 0.1) is 0 Å². The van der Waals surface area contributed by atoms with Crippen LogP contribution in [0.5, 0.6) is 0 Å². The lowest BCUT2D eigenvalue weighted by Crippen LogP contribution is -2.07. The van der Waals surface area contributed by atoms with E-state index in [1.165, 1.54) is 5.56 Å². The number of hydrogen-bond acceptors (Lipinski definition) is 6. The fraction of sp³-hybridized carbons (Fsp3) is 0.429. The third-order valence-electron chi connectivity index (χ3n) is 2.70. The molecule has 0 aliphatic heterocycles. The summed E-state index contributed by atoms with van der Waals surface area (Å²) in [6.45, 7) is 5.23. The first-order valence-corrected chi connectivity index (χ1v) is 7.68. The molecule has 2 aromatic heterocycles. The minimum absolute atomic E-state index is 0.900. The van der Waals surface area contributed by atoms with Crippen molar-refractivity contribution in [3.8, 4) is 0 Å². The standard InChI is InChI=1S/C14H19N5S/c1-3-5-11-13(16-7-4-2)18-10-19-14(11)20-12-6-8-15-9-17-12/h6,8-10H,3-5,7H2,1-2H3,(H,16,18,19). The van der Waals surface area contributed by atoms with E-state index in [2.05, 4.69) is 39.1 Å². The molecule has 0 atom stereocenters. The van der Waals surface area contributed by atoms with Crippen molar-refractivity contribution in [1.82, 2.24) is 19.9 Å². The number of hydrogen-bond donors (Lipinski definition) is 1. The number of aromatic nitrogens is 4. The lowest BCUT2D eigenvalue weighted by molar-refractivity contribution is 0.847. The monoisotopic (exact) mass is 289 g/mol. The van der Waals surface area contributed by atoms with Crippen LogP contribution in [0.15, 0.2) is 35.0 Å². The van der Waals surface area contributed by atoms with Gasteiger partial charge in [0.2, 0.25) is 0 Å². The maximum atomic E-state index is 4.41. The maximum Gasteiger partial charge on any atom is 0.133 e. The molecule has 0 amide bonds. The first-order chi connectivity index (χ1) is 9.85. The molecule has 2 rings (SSSR count). The Labute approximate surface area is 123 Å². The maximum absolute atomic E-state index is 4.41. The van der Waals surface area contributed by atoms with Crippen LogP contribution in [0.3, 0.4) is 0 Å². The zero-order valence-corrected chi connectivity index (χ0v) is 12.7. The van der Waals surface area contributed by atoms with Crippen molar-refractivity contribution in [1.29, 1.82) is 0 Å². The summed E-state index contributed by atoms with van der Waals surface area (Å²) in [5.41, 5.74) is 1.17. The van der Waals surface area contributed by atoms with Gasteiger partial charge in [-0.1, -0.05) is 20.3 Å². The second-order valence-corrected chi connectivity index (χ2v) is 5.34. The molecule has 1 N–H and O–H groups in total. The third kappa shape index (κ3) is 3.90. The quantitative estimate of drug-likeness (QED) is 0.790. The Morgan fingerprint density at radius 1 is 1.10 bits per heavy atom. The molecule has 0 unspecified atom stereocenters. The fourth-order valence-corrected chi connectivity index (χ4v) is 2.64. The molecular weight excluding hydrogens is 270 g/mol. The highest BCUT2D eigenvalue weighted by Crippen LogP contribution is 2.30. The minimum atomic E-state index is 0.900. The summed E-state index contributed by atoms with van der Waals surface area (Å²) < 4.78 is 0. The molecule has 0 spiro atoms. The van der Waals surface area contributed by atoms with Gasteiger partial charge in [-0.25, -0.2) is 19.9 Å². The van der Waals surface area contributed by atoms with Gasteiger partial charge in [-0.15, -0.1) is 0 Å². The normalized spacial score (nSPS) is 10.5. The van der Waals surface area contributed by atoms with Crippen molar-refractivity contribution < 1.29 is 0 Å². The van der Waals surface area contributed by atoms with E-state index in [1.807, 2.05) is 6.07 Å². The topological polar surface area (TPSA) is 63.6 Å². The lowest BCUT2D eigenvalue weighted by atomic mass is 10.2. The Kier molecular flexibility index (Phi) is 5.73. The summed E-state index contributed by atoms with van der Waals surface area (Å²) in [5, 5.41) is 5.25. The Morgan fingerprint density at radius 3 is 2.70 bits per heavy atom. The molecule has 2 aromatic rings. The first-order valence-electron chi connectivity index (χ1n) is 6.86. The average molecular weight is 289 g/mol. The molecule has 5 nitrogen and oxygen atoms in total. The molecule has 0 fully saturated rings. The van der Waals surface area contributed by atoms with E-state index in [0.717, 1.165) is 41.7 Å². The predicted molar refractivity (Wildman–Crippen MR) is 81.0 cm³/mol. The number of nitrogens with one attached hydrogen (secondary N) is 1.